The minimum absolute atomic E-state index is 0.112. The van der Waals surface area contributed by atoms with E-state index in [0.717, 1.165) is 16.9 Å². The predicted molar refractivity (Wildman–Crippen MR) is 140 cm³/mol. The van der Waals surface area contributed by atoms with Gasteiger partial charge in [0, 0.05) is 42.8 Å². The van der Waals surface area contributed by atoms with Crippen LogP contribution in [0.5, 0.6) is 0 Å². The van der Waals surface area contributed by atoms with E-state index in [4.69, 9.17) is 11.6 Å². The number of aromatic nitrogens is 7. The standard InChI is InChI=1S/C25H21ClF3N9O/c1-24(2,22-30-9-5-10-31-22)35-17-12-19(39)37(3)20-14(17)6-4-7-16(20)33-21-15(26)13-32-23(34-21)38-11-8-18(36-38)25(27,28)29/h4-13,35H,1-3H3,(H,32,33,34). The molecule has 2 N–H and O–H groups in total. The summed E-state index contributed by atoms with van der Waals surface area (Å²) in [5.41, 5.74) is -0.508. The number of hydrogen-bond donors (Lipinski definition) is 2. The normalized spacial score (nSPS) is 12.1. The van der Waals surface area contributed by atoms with E-state index in [1.807, 2.05) is 19.9 Å². The van der Waals surface area contributed by atoms with E-state index in [2.05, 4.69) is 35.7 Å². The number of aryl methyl sites for hydroxylation is 1. The third-order valence-electron chi connectivity index (χ3n) is 5.90. The molecule has 4 heterocycles. The lowest BCUT2D eigenvalue weighted by Crippen LogP contribution is -2.31. The predicted octanol–water partition coefficient (Wildman–Crippen LogP) is 5.07. The van der Waals surface area contributed by atoms with Crippen molar-refractivity contribution in [3.8, 4) is 5.95 Å². The van der Waals surface area contributed by atoms with Crippen LogP contribution >= 0.6 is 11.6 Å². The number of nitrogens with zero attached hydrogens (tertiary/aromatic N) is 7. The summed E-state index contributed by atoms with van der Waals surface area (Å²) in [6.45, 7) is 3.80. The van der Waals surface area contributed by atoms with Crippen molar-refractivity contribution in [2.45, 2.75) is 25.6 Å². The maximum absolute atomic E-state index is 13.0. The Hall–Kier alpha value is -4.52. The number of nitrogens with one attached hydrogen (secondary N) is 2. The first-order valence-corrected chi connectivity index (χ1v) is 11.9. The number of para-hydroxylation sites is 1. The highest BCUT2D eigenvalue weighted by molar-refractivity contribution is 6.33. The van der Waals surface area contributed by atoms with Gasteiger partial charge in [-0.2, -0.15) is 23.3 Å². The average molecular weight is 556 g/mol. The second kappa shape index (κ2) is 9.66. The quantitative estimate of drug-likeness (QED) is 0.298. The maximum Gasteiger partial charge on any atom is 0.435 e. The smallest absolute Gasteiger partial charge is 0.372 e. The van der Waals surface area contributed by atoms with E-state index in [1.54, 1.807) is 37.6 Å². The van der Waals surface area contributed by atoms with Crippen molar-refractivity contribution < 1.29 is 13.2 Å². The van der Waals surface area contributed by atoms with Crippen LogP contribution in [0.1, 0.15) is 25.4 Å². The Morgan fingerprint density at radius 1 is 1.00 bits per heavy atom. The SMILES string of the molecule is Cn1c(=O)cc(NC(C)(C)c2ncccn2)c2cccc(Nc3nc(-n4ccc(C(F)(F)F)n4)ncc3Cl)c21. The molecule has 0 spiro atoms. The highest BCUT2D eigenvalue weighted by Crippen LogP contribution is 2.34. The Labute approximate surface area is 224 Å². The third-order valence-corrected chi connectivity index (χ3v) is 6.18. The molecule has 0 aliphatic heterocycles. The Bertz CT molecular complexity index is 1730. The number of halogens is 4. The summed E-state index contributed by atoms with van der Waals surface area (Å²) in [6.07, 6.45) is 1.03. The number of benzene rings is 1. The number of pyridine rings is 1. The fraction of sp³-hybridized carbons (Fsp3) is 0.200. The van der Waals surface area contributed by atoms with Crippen molar-refractivity contribution in [1.29, 1.82) is 0 Å². The minimum atomic E-state index is -4.61. The zero-order chi connectivity index (χ0) is 27.9. The summed E-state index contributed by atoms with van der Waals surface area (Å²) in [5, 5.41) is 10.8. The van der Waals surface area contributed by atoms with Crippen molar-refractivity contribution in [3.05, 3.63) is 88.1 Å². The molecule has 0 bridgehead atoms. The molecular weight excluding hydrogens is 535 g/mol. The first-order valence-electron chi connectivity index (χ1n) is 11.6. The molecule has 200 valence electrons. The van der Waals surface area contributed by atoms with Crippen LogP contribution in [0, 0.1) is 0 Å². The van der Waals surface area contributed by atoms with Crippen LogP contribution in [0.4, 0.5) is 30.4 Å². The van der Waals surface area contributed by atoms with Crippen LogP contribution in [0.2, 0.25) is 5.02 Å². The van der Waals surface area contributed by atoms with Crippen LogP contribution in [-0.4, -0.2) is 34.3 Å². The molecule has 0 saturated carbocycles. The van der Waals surface area contributed by atoms with Gasteiger partial charge in [0.2, 0.25) is 0 Å². The van der Waals surface area contributed by atoms with E-state index in [9.17, 15) is 18.0 Å². The molecule has 0 amide bonds. The minimum Gasteiger partial charge on any atom is -0.372 e. The van der Waals surface area contributed by atoms with Gasteiger partial charge in [-0.1, -0.05) is 23.7 Å². The molecule has 5 rings (SSSR count). The molecule has 4 aromatic heterocycles. The van der Waals surface area contributed by atoms with E-state index >= 15 is 0 Å². The highest BCUT2D eigenvalue weighted by atomic mass is 35.5. The van der Waals surface area contributed by atoms with E-state index in [0.29, 0.717) is 28.1 Å². The molecular formula is C25H21ClF3N9O. The first kappa shape index (κ1) is 26.1. The van der Waals surface area contributed by atoms with Crippen molar-refractivity contribution in [2.75, 3.05) is 10.6 Å². The molecule has 5 aromatic rings. The van der Waals surface area contributed by atoms with Crippen molar-refractivity contribution in [3.63, 3.8) is 0 Å². The Kier molecular flexibility index (Phi) is 6.46. The Morgan fingerprint density at radius 3 is 2.44 bits per heavy atom. The molecule has 39 heavy (non-hydrogen) atoms. The highest BCUT2D eigenvalue weighted by Gasteiger charge is 2.34. The summed E-state index contributed by atoms with van der Waals surface area (Å²) >= 11 is 6.33. The van der Waals surface area contributed by atoms with Gasteiger partial charge in [-0.05, 0) is 32.0 Å². The number of anilines is 3. The average Bonchev–Trinajstić information content (AvgIpc) is 3.40. The lowest BCUT2D eigenvalue weighted by atomic mass is 10.0. The fourth-order valence-electron chi connectivity index (χ4n) is 4.02. The number of fused-ring (bicyclic) bond motifs is 1. The largest absolute Gasteiger partial charge is 0.435 e. The second-order valence-corrected chi connectivity index (χ2v) is 9.52. The van der Waals surface area contributed by atoms with Crippen molar-refractivity contribution in [1.82, 2.24) is 34.3 Å². The summed E-state index contributed by atoms with van der Waals surface area (Å²) in [5.74, 6) is 0.529. The van der Waals surface area contributed by atoms with Gasteiger partial charge >= 0.3 is 6.18 Å². The molecule has 0 aliphatic carbocycles. The first-order chi connectivity index (χ1) is 18.4. The summed E-state index contributed by atoms with van der Waals surface area (Å²) in [4.78, 5) is 29.9. The van der Waals surface area contributed by atoms with Crippen molar-refractivity contribution in [2.24, 2.45) is 7.05 Å². The van der Waals surface area contributed by atoms with Gasteiger partial charge in [-0.3, -0.25) is 4.79 Å². The van der Waals surface area contributed by atoms with Crippen LogP contribution in [-0.2, 0) is 18.8 Å². The van der Waals surface area contributed by atoms with Gasteiger partial charge in [0.05, 0.1) is 22.9 Å². The number of alkyl halides is 3. The van der Waals surface area contributed by atoms with Crippen molar-refractivity contribution >= 4 is 39.7 Å². The molecule has 0 atom stereocenters. The summed E-state index contributed by atoms with van der Waals surface area (Å²) in [6, 6.07) is 9.39. The van der Waals surface area contributed by atoms with Gasteiger partial charge in [0.1, 0.15) is 5.02 Å². The maximum atomic E-state index is 13.0. The van der Waals surface area contributed by atoms with E-state index in [-0.39, 0.29) is 22.3 Å². The summed E-state index contributed by atoms with van der Waals surface area (Å²) in [7, 11) is 1.63. The molecule has 1 aromatic carbocycles. The number of hydrogen-bond acceptors (Lipinski definition) is 8. The van der Waals surface area contributed by atoms with Crippen LogP contribution < -0.4 is 16.2 Å². The Balaban J connectivity index is 1.56. The molecule has 0 aliphatic rings. The van der Waals surface area contributed by atoms with Crippen LogP contribution in [0.3, 0.4) is 0 Å². The Morgan fingerprint density at radius 2 is 1.74 bits per heavy atom. The van der Waals surface area contributed by atoms with E-state index in [1.165, 1.54) is 16.8 Å². The van der Waals surface area contributed by atoms with Crippen LogP contribution in [0.25, 0.3) is 16.9 Å². The molecule has 14 heteroatoms. The molecule has 0 unspecified atom stereocenters. The fourth-order valence-corrected chi connectivity index (χ4v) is 4.16. The zero-order valence-corrected chi connectivity index (χ0v) is 21.6. The zero-order valence-electron chi connectivity index (χ0n) is 20.8. The molecule has 0 fully saturated rings. The van der Waals surface area contributed by atoms with Gasteiger partial charge in [0.25, 0.3) is 11.5 Å². The third kappa shape index (κ3) is 5.12. The topological polar surface area (TPSA) is 115 Å². The van der Waals surface area contributed by atoms with Gasteiger partial charge in [-0.25, -0.2) is 19.6 Å². The van der Waals surface area contributed by atoms with Gasteiger partial charge < -0.3 is 15.2 Å². The molecule has 0 radical (unpaired) electrons. The van der Waals surface area contributed by atoms with E-state index < -0.39 is 17.4 Å². The van der Waals surface area contributed by atoms with Crippen LogP contribution in [0.15, 0.2) is 66.0 Å². The monoisotopic (exact) mass is 555 g/mol. The van der Waals surface area contributed by atoms with Gasteiger partial charge in [-0.15, -0.1) is 0 Å². The lowest BCUT2D eigenvalue weighted by Gasteiger charge is -2.27. The second-order valence-electron chi connectivity index (χ2n) is 9.11. The number of rotatable bonds is 6. The van der Waals surface area contributed by atoms with Gasteiger partial charge in [0.15, 0.2) is 17.3 Å². The lowest BCUT2D eigenvalue weighted by molar-refractivity contribution is -0.141. The molecule has 0 saturated heterocycles. The summed E-state index contributed by atoms with van der Waals surface area (Å²) < 4.78 is 41.4. The molecule has 10 nitrogen and oxygen atoms in total.